The summed E-state index contributed by atoms with van der Waals surface area (Å²) in [5, 5.41) is 0. The Hall–Kier alpha value is -2.40. The standard InChI is InChI=1S/C32H45NO4/c1-6-22-14-17-26-25(22)16-15-24(29(26)30(34)27-12-9-19-33-27)11-8-10-23(7-2)31-20(3)13-18-28(37-31)21(4)32(35)36-5/h8-12,15-16,19-22,24-26,28-29,31,33H,6-7,13-14,17-18H2,1-5H3. The van der Waals surface area contributed by atoms with E-state index in [9.17, 15) is 9.59 Å². The molecule has 1 N–H and O–H groups in total. The van der Waals surface area contributed by atoms with E-state index in [2.05, 4.69) is 56.1 Å². The van der Waals surface area contributed by atoms with E-state index in [0.717, 1.165) is 31.4 Å². The number of carbonyl (C=O) groups excluding carboxylic acids is 2. The summed E-state index contributed by atoms with van der Waals surface area (Å²) in [4.78, 5) is 28.9. The summed E-state index contributed by atoms with van der Waals surface area (Å²) in [7, 11) is 1.44. The normalized spacial score (nSPS) is 34.9. The van der Waals surface area contributed by atoms with Crippen molar-refractivity contribution in [1.29, 1.82) is 0 Å². The molecule has 2 heterocycles. The average molecular weight is 508 g/mol. The van der Waals surface area contributed by atoms with Gasteiger partial charge in [0.05, 0.1) is 30.9 Å². The Morgan fingerprint density at radius 1 is 1.19 bits per heavy atom. The van der Waals surface area contributed by atoms with Gasteiger partial charge in [-0.1, -0.05) is 57.6 Å². The number of hydrogen-bond donors (Lipinski definition) is 1. The lowest BCUT2D eigenvalue weighted by molar-refractivity contribution is -0.156. The fourth-order valence-electron chi connectivity index (χ4n) is 7.06. The van der Waals surface area contributed by atoms with Crippen molar-refractivity contribution in [3.8, 4) is 0 Å². The highest BCUT2D eigenvalue weighted by atomic mass is 16.5. The summed E-state index contributed by atoms with van der Waals surface area (Å²) < 4.78 is 11.5. The summed E-state index contributed by atoms with van der Waals surface area (Å²) in [5.74, 6) is 1.78. The molecule has 9 atom stereocenters. The van der Waals surface area contributed by atoms with Crippen molar-refractivity contribution in [3.63, 3.8) is 0 Å². The number of aromatic amines is 1. The molecule has 4 rings (SSSR count). The fourth-order valence-corrected chi connectivity index (χ4v) is 7.06. The Kier molecular flexibility index (Phi) is 9.28. The molecule has 0 aromatic carbocycles. The van der Waals surface area contributed by atoms with Crippen LogP contribution in [0.25, 0.3) is 0 Å². The van der Waals surface area contributed by atoms with E-state index in [1.807, 2.05) is 25.3 Å². The number of fused-ring (bicyclic) bond motifs is 1. The molecule has 1 aromatic rings. The first-order valence-electron chi connectivity index (χ1n) is 14.4. The molecule has 1 aliphatic heterocycles. The van der Waals surface area contributed by atoms with Crippen LogP contribution in [0.3, 0.4) is 0 Å². The first-order chi connectivity index (χ1) is 17.9. The van der Waals surface area contributed by atoms with Gasteiger partial charge < -0.3 is 14.5 Å². The van der Waals surface area contributed by atoms with Gasteiger partial charge in [0.2, 0.25) is 0 Å². The molecule has 1 saturated heterocycles. The number of methoxy groups -OCH3 is 1. The number of esters is 1. The number of carbonyl (C=O) groups is 2. The smallest absolute Gasteiger partial charge is 0.311 e. The predicted octanol–water partition coefficient (Wildman–Crippen LogP) is 6.94. The van der Waals surface area contributed by atoms with Crippen LogP contribution in [0.2, 0.25) is 0 Å². The highest BCUT2D eigenvalue weighted by Crippen LogP contribution is 2.49. The van der Waals surface area contributed by atoms with Gasteiger partial charge in [-0.05, 0) is 80.4 Å². The van der Waals surface area contributed by atoms with Crippen molar-refractivity contribution < 1.29 is 19.1 Å². The molecule has 9 unspecified atom stereocenters. The van der Waals surface area contributed by atoms with Crippen LogP contribution in [0.4, 0.5) is 0 Å². The largest absolute Gasteiger partial charge is 0.469 e. The number of aromatic nitrogens is 1. The molecule has 202 valence electrons. The maximum atomic E-state index is 13.7. The number of hydrogen-bond acceptors (Lipinski definition) is 4. The van der Waals surface area contributed by atoms with E-state index in [1.165, 1.54) is 25.5 Å². The zero-order chi connectivity index (χ0) is 26.5. The Morgan fingerprint density at radius 3 is 2.68 bits per heavy atom. The van der Waals surface area contributed by atoms with Gasteiger partial charge in [0.15, 0.2) is 5.78 Å². The van der Waals surface area contributed by atoms with E-state index in [1.54, 1.807) is 0 Å². The Bertz CT molecular complexity index is 1010. The quantitative estimate of drug-likeness (QED) is 0.170. The number of allylic oxidation sites excluding steroid dienone is 5. The number of ether oxygens (including phenoxy) is 2. The summed E-state index contributed by atoms with van der Waals surface area (Å²) >= 11 is 0. The number of rotatable bonds is 9. The Balaban J connectivity index is 1.54. The highest BCUT2D eigenvalue weighted by molar-refractivity contribution is 5.97. The molecule has 2 fully saturated rings. The molecule has 0 amide bonds. The van der Waals surface area contributed by atoms with Crippen molar-refractivity contribution in [3.05, 3.63) is 60.0 Å². The van der Waals surface area contributed by atoms with Crippen LogP contribution in [-0.4, -0.2) is 36.1 Å². The molecule has 5 nitrogen and oxygen atoms in total. The number of nitrogens with one attached hydrogen (secondary N) is 1. The molecule has 0 spiro atoms. The maximum Gasteiger partial charge on any atom is 0.311 e. The second-order valence-electron chi connectivity index (χ2n) is 11.4. The topological polar surface area (TPSA) is 68.4 Å². The van der Waals surface area contributed by atoms with Crippen molar-refractivity contribution >= 4 is 11.8 Å². The monoisotopic (exact) mass is 507 g/mol. The second-order valence-corrected chi connectivity index (χ2v) is 11.4. The second kappa shape index (κ2) is 12.4. The van der Waals surface area contributed by atoms with Crippen LogP contribution in [0, 0.1) is 41.4 Å². The van der Waals surface area contributed by atoms with Gasteiger partial charge in [0.25, 0.3) is 0 Å². The molecule has 3 aliphatic rings. The molecule has 1 saturated carbocycles. The van der Waals surface area contributed by atoms with E-state index >= 15 is 0 Å². The first-order valence-corrected chi connectivity index (χ1v) is 14.4. The fraction of sp³-hybridized carbons (Fsp3) is 0.625. The van der Waals surface area contributed by atoms with Crippen molar-refractivity contribution in [2.45, 2.75) is 78.4 Å². The Morgan fingerprint density at radius 2 is 2.00 bits per heavy atom. The van der Waals surface area contributed by atoms with Gasteiger partial charge in [0.1, 0.15) is 0 Å². The van der Waals surface area contributed by atoms with Gasteiger partial charge in [0, 0.05) is 18.0 Å². The minimum absolute atomic E-state index is 0.0109. The van der Waals surface area contributed by atoms with Gasteiger partial charge in [-0.15, -0.1) is 0 Å². The minimum Gasteiger partial charge on any atom is -0.469 e. The van der Waals surface area contributed by atoms with E-state index in [-0.39, 0.29) is 41.7 Å². The number of ketones is 1. The summed E-state index contributed by atoms with van der Waals surface area (Å²) in [5.41, 5.74) is 1.96. The van der Waals surface area contributed by atoms with Crippen molar-refractivity contribution in [1.82, 2.24) is 4.98 Å². The molecular formula is C32H45NO4. The third-order valence-electron chi connectivity index (χ3n) is 9.32. The predicted molar refractivity (Wildman–Crippen MR) is 147 cm³/mol. The summed E-state index contributed by atoms with van der Waals surface area (Å²) in [6.07, 6.45) is 19.2. The zero-order valence-electron chi connectivity index (χ0n) is 23.2. The van der Waals surface area contributed by atoms with E-state index < -0.39 is 0 Å². The summed E-state index contributed by atoms with van der Waals surface area (Å²) in [6.45, 7) is 8.57. The minimum atomic E-state index is -0.271. The lowest BCUT2D eigenvalue weighted by Crippen LogP contribution is -2.40. The van der Waals surface area contributed by atoms with Crippen LogP contribution < -0.4 is 0 Å². The molecule has 37 heavy (non-hydrogen) atoms. The number of H-pyrrole nitrogens is 1. The Labute approximate surface area is 222 Å². The van der Waals surface area contributed by atoms with Gasteiger partial charge in [-0.3, -0.25) is 9.59 Å². The molecule has 1 aromatic heterocycles. The maximum absolute atomic E-state index is 13.7. The van der Waals surface area contributed by atoms with Gasteiger partial charge in [-0.2, -0.15) is 0 Å². The summed E-state index contributed by atoms with van der Waals surface area (Å²) in [6, 6.07) is 3.82. The first kappa shape index (κ1) is 27.6. The molecule has 2 aliphatic carbocycles. The van der Waals surface area contributed by atoms with Crippen LogP contribution in [0.5, 0.6) is 0 Å². The highest BCUT2D eigenvalue weighted by Gasteiger charge is 2.45. The van der Waals surface area contributed by atoms with Gasteiger partial charge >= 0.3 is 5.97 Å². The van der Waals surface area contributed by atoms with Crippen LogP contribution >= 0.6 is 0 Å². The third kappa shape index (κ3) is 5.87. The lowest BCUT2D eigenvalue weighted by Gasteiger charge is -2.38. The molecular weight excluding hydrogens is 462 g/mol. The molecule has 5 heteroatoms. The van der Waals surface area contributed by atoms with Gasteiger partial charge in [-0.25, -0.2) is 0 Å². The van der Waals surface area contributed by atoms with E-state index in [4.69, 9.17) is 9.47 Å². The lowest BCUT2D eigenvalue weighted by atomic mass is 9.68. The average Bonchev–Trinajstić information content (AvgIpc) is 3.60. The van der Waals surface area contributed by atoms with Crippen LogP contribution in [0.1, 0.15) is 76.7 Å². The zero-order valence-corrected chi connectivity index (χ0v) is 23.2. The third-order valence-corrected chi connectivity index (χ3v) is 9.32. The molecule has 0 radical (unpaired) electrons. The van der Waals surface area contributed by atoms with Crippen molar-refractivity contribution in [2.75, 3.05) is 7.11 Å². The van der Waals surface area contributed by atoms with E-state index in [0.29, 0.717) is 23.7 Å². The van der Waals surface area contributed by atoms with Crippen LogP contribution in [0.15, 0.2) is 54.3 Å². The number of Topliss-reactive ketones (excluding diaryl/α,β-unsaturated/α-hetero) is 1. The molecule has 0 bridgehead atoms. The van der Waals surface area contributed by atoms with Crippen LogP contribution in [-0.2, 0) is 14.3 Å². The van der Waals surface area contributed by atoms with Crippen molar-refractivity contribution in [2.24, 2.45) is 41.4 Å². The SMILES string of the molecule is CCC(=CC=CC1C=CC2C(CC)CCC2C1C(=O)c1ccc[nH]1)C1OC(C(C)C(=O)OC)CCC1C.